The maximum Gasteiger partial charge on any atom is 0.171 e. The number of fused-ring (bicyclic) bond motifs is 1. The molecule has 0 bridgehead atoms. The largest absolute Gasteiger partial charge is 0.232 e. The van der Waals surface area contributed by atoms with Crippen LogP contribution in [0.15, 0.2) is 16.7 Å². The molecule has 0 unspecified atom stereocenters. The smallest absolute Gasteiger partial charge is 0.171 e. The van der Waals surface area contributed by atoms with Gasteiger partial charge in [0.1, 0.15) is 5.15 Å². The lowest BCUT2D eigenvalue weighted by molar-refractivity contribution is 0.325. The zero-order valence-corrected chi connectivity index (χ0v) is 12.6. The van der Waals surface area contributed by atoms with Crippen LogP contribution in [0.25, 0.3) is 5.65 Å². The molecule has 2 heterocycles. The second-order valence-electron chi connectivity index (χ2n) is 5.10. The fourth-order valence-corrected chi connectivity index (χ4v) is 3.45. The molecule has 2 atom stereocenters. The average Bonchev–Trinajstić information content (AvgIpc) is 2.72. The first-order chi connectivity index (χ1) is 8.66. The summed E-state index contributed by atoms with van der Waals surface area (Å²) in [5.74, 6) is 1.22. The predicted octanol–water partition coefficient (Wildman–Crippen LogP) is 4.44. The Bertz CT molecular complexity index is 581. The minimum Gasteiger partial charge on any atom is -0.232 e. The van der Waals surface area contributed by atoms with Crippen molar-refractivity contribution in [1.29, 1.82) is 0 Å². The molecule has 3 rings (SSSR count). The molecule has 1 aliphatic carbocycles. The molecule has 18 heavy (non-hydrogen) atoms. The van der Waals surface area contributed by atoms with E-state index in [-0.39, 0.29) is 0 Å². The van der Waals surface area contributed by atoms with E-state index in [0.717, 1.165) is 15.8 Å². The Kier molecular flexibility index (Phi) is 3.32. The first-order valence-electron chi connectivity index (χ1n) is 6.36. The Hall–Kier alpha value is -0.610. The van der Waals surface area contributed by atoms with E-state index in [4.69, 9.17) is 16.6 Å². The van der Waals surface area contributed by atoms with E-state index in [2.05, 4.69) is 28.0 Å². The van der Waals surface area contributed by atoms with Crippen molar-refractivity contribution in [3.63, 3.8) is 0 Å². The molecule has 2 aromatic rings. The molecule has 0 aliphatic heterocycles. The predicted molar refractivity (Wildman–Crippen MR) is 76.1 cm³/mol. The number of nitrogens with zero attached hydrogens (tertiary/aromatic N) is 3. The summed E-state index contributed by atoms with van der Waals surface area (Å²) in [6, 6.07) is 1.97. The number of hydrogen-bond acceptors (Lipinski definition) is 2. The number of rotatable bonds is 1. The molecule has 96 valence electrons. The van der Waals surface area contributed by atoms with Gasteiger partial charge in [-0.3, -0.25) is 0 Å². The molecule has 0 aromatic carbocycles. The highest BCUT2D eigenvalue weighted by atomic mass is 79.9. The van der Waals surface area contributed by atoms with Crippen molar-refractivity contribution in [2.75, 3.05) is 0 Å². The van der Waals surface area contributed by atoms with Gasteiger partial charge in [-0.15, -0.1) is 0 Å². The van der Waals surface area contributed by atoms with Gasteiger partial charge in [-0.2, -0.15) is 5.10 Å². The normalized spacial score (nSPS) is 24.6. The van der Waals surface area contributed by atoms with Crippen molar-refractivity contribution >= 4 is 33.2 Å². The van der Waals surface area contributed by atoms with Gasteiger partial charge in [0.15, 0.2) is 5.65 Å². The van der Waals surface area contributed by atoms with Crippen molar-refractivity contribution in [1.82, 2.24) is 14.6 Å². The van der Waals surface area contributed by atoms with Gasteiger partial charge in [0.05, 0.1) is 10.7 Å². The minimum absolute atomic E-state index is 0.531. The molecular weight excluding hydrogens is 314 g/mol. The Morgan fingerprint density at radius 1 is 1.39 bits per heavy atom. The lowest BCUT2D eigenvalue weighted by Crippen LogP contribution is -2.16. The molecular formula is C13H15BrClN3. The minimum atomic E-state index is 0.531. The monoisotopic (exact) mass is 327 g/mol. The van der Waals surface area contributed by atoms with E-state index >= 15 is 0 Å². The van der Waals surface area contributed by atoms with E-state index < -0.39 is 0 Å². The maximum atomic E-state index is 6.28. The van der Waals surface area contributed by atoms with Crippen molar-refractivity contribution in [3.05, 3.63) is 27.6 Å². The van der Waals surface area contributed by atoms with Gasteiger partial charge in [-0.25, -0.2) is 9.50 Å². The lowest BCUT2D eigenvalue weighted by Gasteiger charge is -2.28. The number of hydrogen-bond donors (Lipinski definition) is 0. The van der Waals surface area contributed by atoms with E-state index in [1.54, 1.807) is 10.7 Å². The molecule has 1 saturated carbocycles. The lowest BCUT2D eigenvalue weighted by atomic mass is 9.78. The van der Waals surface area contributed by atoms with E-state index in [9.17, 15) is 0 Å². The van der Waals surface area contributed by atoms with Gasteiger partial charge < -0.3 is 0 Å². The van der Waals surface area contributed by atoms with Crippen molar-refractivity contribution < 1.29 is 0 Å². The topological polar surface area (TPSA) is 30.2 Å². The molecule has 5 heteroatoms. The van der Waals surface area contributed by atoms with Crippen LogP contribution in [-0.4, -0.2) is 14.6 Å². The molecule has 0 radical (unpaired) electrons. The Morgan fingerprint density at radius 3 is 2.94 bits per heavy atom. The molecule has 0 N–H and O–H groups in total. The van der Waals surface area contributed by atoms with Crippen LogP contribution in [0.1, 0.15) is 44.2 Å². The summed E-state index contributed by atoms with van der Waals surface area (Å²) < 4.78 is 2.57. The Morgan fingerprint density at radius 2 is 2.17 bits per heavy atom. The highest BCUT2D eigenvalue weighted by Gasteiger charge is 2.25. The molecule has 1 aliphatic rings. The molecule has 0 spiro atoms. The highest BCUT2D eigenvalue weighted by molar-refractivity contribution is 9.10. The summed E-state index contributed by atoms with van der Waals surface area (Å²) in [6.07, 6.45) is 6.87. The average molecular weight is 329 g/mol. The fraction of sp³-hybridized carbons (Fsp3) is 0.538. The van der Waals surface area contributed by atoms with Gasteiger partial charge in [-0.1, -0.05) is 37.8 Å². The standard InChI is InChI=1S/C13H15BrClN3/c1-8-4-2-3-5-9(8)11-6-12(15)18-13(17-11)10(14)7-16-18/h6-9H,2-5H2,1H3/t8-,9+/m1/s1. The van der Waals surface area contributed by atoms with Gasteiger partial charge >= 0.3 is 0 Å². The first kappa shape index (κ1) is 12.4. The maximum absolute atomic E-state index is 6.28. The highest BCUT2D eigenvalue weighted by Crippen LogP contribution is 2.37. The summed E-state index contributed by atoms with van der Waals surface area (Å²) in [5.41, 5.74) is 1.93. The summed E-state index contributed by atoms with van der Waals surface area (Å²) in [5, 5.41) is 4.84. The summed E-state index contributed by atoms with van der Waals surface area (Å²) in [4.78, 5) is 4.74. The molecule has 1 fully saturated rings. The first-order valence-corrected chi connectivity index (χ1v) is 7.53. The van der Waals surface area contributed by atoms with Crippen LogP contribution in [-0.2, 0) is 0 Å². The molecule has 0 saturated heterocycles. The van der Waals surface area contributed by atoms with Crippen molar-refractivity contribution in [2.24, 2.45) is 5.92 Å². The Balaban J connectivity index is 2.08. The molecule has 0 amide bonds. The Labute approximate surface area is 120 Å². The quantitative estimate of drug-likeness (QED) is 0.724. The van der Waals surface area contributed by atoms with Crippen LogP contribution in [0.5, 0.6) is 0 Å². The van der Waals surface area contributed by atoms with Crippen LogP contribution in [0, 0.1) is 5.92 Å². The summed E-state index contributed by atoms with van der Waals surface area (Å²) in [7, 11) is 0. The third kappa shape index (κ3) is 2.05. The summed E-state index contributed by atoms with van der Waals surface area (Å²) >= 11 is 9.75. The van der Waals surface area contributed by atoms with Crippen molar-refractivity contribution in [2.45, 2.75) is 38.5 Å². The van der Waals surface area contributed by atoms with Crippen LogP contribution >= 0.6 is 27.5 Å². The summed E-state index contributed by atoms with van der Waals surface area (Å²) in [6.45, 7) is 2.31. The van der Waals surface area contributed by atoms with Crippen LogP contribution in [0.4, 0.5) is 0 Å². The molecule has 2 aromatic heterocycles. The number of halogens is 2. The van der Waals surface area contributed by atoms with Crippen molar-refractivity contribution in [3.8, 4) is 0 Å². The van der Waals surface area contributed by atoms with Crippen LogP contribution in [0.3, 0.4) is 0 Å². The molecule has 3 nitrogen and oxygen atoms in total. The fourth-order valence-electron chi connectivity index (χ4n) is 2.86. The van der Waals surface area contributed by atoms with Gasteiger partial charge in [-0.05, 0) is 34.3 Å². The van der Waals surface area contributed by atoms with E-state index in [1.807, 2.05) is 6.07 Å². The van der Waals surface area contributed by atoms with Crippen LogP contribution < -0.4 is 0 Å². The zero-order valence-electron chi connectivity index (χ0n) is 10.2. The van der Waals surface area contributed by atoms with Crippen LogP contribution in [0.2, 0.25) is 5.15 Å². The van der Waals surface area contributed by atoms with E-state index in [0.29, 0.717) is 17.0 Å². The van der Waals surface area contributed by atoms with Gasteiger partial charge in [0.25, 0.3) is 0 Å². The third-order valence-corrected chi connectivity index (χ3v) is 4.73. The van der Waals surface area contributed by atoms with Gasteiger partial charge in [0, 0.05) is 11.6 Å². The van der Waals surface area contributed by atoms with E-state index in [1.165, 1.54) is 25.7 Å². The zero-order chi connectivity index (χ0) is 12.7. The second-order valence-corrected chi connectivity index (χ2v) is 6.34. The third-order valence-electron chi connectivity index (χ3n) is 3.90. The second kappa shape index (κ2) is 4.82. The van der Waals surface area contributed by atoms with Gasteiger partial charge in [0.2, 0.25) is 0 Å². The number of aromatic nitrogens is 3. The SMILES string of the molecule is C[C@@H]1CCCC[C@@H]1c1cc(Cl)n2ncc(Br)c2n1.